The van der Waals surface area contributed by atoms with Crippen LogP contribution in [-0.4, -0.2) is 27.6 Å². The lowest BCUT2D eigenvalue weighted by atomic mass is 9.98. The van der Waals surface area contributed by atoms with Crippen LogP contribution in [0.2, 0.25) is 0 Å². The first-order valence-corrected chi connectivity index (χ1v) is 25.3. The van der Waals surface area contributed by atoms with Crippen molar-refractivity contribution in [3.63, 3.8) is 0 Å². The van der Waals surface area contributed by atoms with E-state index in [-0.39, 0.29) is 0 Å². The van der Waals surface area contributed by atoms with E-state index in [4.69, 9.17) is 19.4 Å². The minimum Gasteiger partial charge on any atom is -0.456 e. The maximum absolute atomic E-state index is 6.39. The van der Waals surface area contributed by atoms with E-state index in [0.29, 0.717) is 17.5 Å². The number of aromatic nitrogens is 4. The van der Waals surface area contributed by atoms with Gasteiger partial charge in [0.05, 0.1) is 11.0 Å². The smallest absolute Gasteiger partial charge is 0.179 e. The highest BCUT2D eigenvalue weighted by Crippen LogP contribution is 2.38. The lowest BCUT2D eigenvalue weighted by Crippen LogP contribution is -2.74. The van der Waals surface area contributed by atoms with Crippen LogP contribution in [0.1, 0.15) is 0 Å². The van der Waals surface area contributed by atoms with Gasteiger partial charge in [0.25, 0.3) is 0 Å². The molecule has 0 radical (unpaired) electrons. The van der Waals surface area contributed by atoms with E-state index in [1.54, 1.807) is 0 Å². The Bertz CT molecular complexity index is 3860. The molecule has 0 aliphatic rings. The van der Waals surface area contributed by atoms with Gasteiger partial charge in [0, 0.05) is 43.9 Å². The molecule has 0 amide bonds. The standard InChI is InChI=1S/C63H42N4OSi/c1-4-21-47(22-5-1)69(48-23-6-2-7-24-48,49-25-8-3-9-26-49)50-38-35-43(36-39-50)61-64-62(45-19-18-20-46(41-45)67-57-32-15-12-28-52(57)53-29-13-16-33-58(53)67)66-63(65-61)56-31-11-10-27-51(56)44-37-40-55-54-30-14-17-34-59(54)68-60(55)42-44/h1-42H. The summed E-state index contributed by atoms with van der Waals surface area (Å²) in [7, 11) is -2.76. The zero-order valence-electron chi connectivity index (χ0n) is 37.4. The van der Waals surface area contributed by atoms with Crippen molar-refractivity contribution in [2.45, 2.75) is 0 Å². The van der Waals surface area contributed by atoms with Crippen LogP contribution >= 0.6 is 0 Å². The summed E-state index contributed by atoms with van der Waals surface area (Å²) in [6.07, 6.45) is 0. The molecule has 5 nitrogen and oxygen atoms in total. The fourth-order valence-corrected chi connectivity index (χ4v) is 15.2. The molecule has 3 heterocycles. The first kappa shape index (κ1) is 40.3. The SMILES string of the molecule is c1ccc([Si](c2ccccc2)(c2ccccc2)c2ccc(-c3nc(-c4cccc(-n5c6ccccc6c6ccccc65)c4)nc(-c4ccccc4-c4ccc5c(c4)oc4ccccc45)n3)cc2)cc1. The molecule has 0 spiro atoms. The summed E-state index contributed by atoms with van der Waals surface area (Å²) in [5.74, 6) is 1.77. The third-order valence-electron chi connectivity index (χ3n) is 13.6. The molecule has 0 N–H and O–H groups in total. The van der Waals surface area contributed by atoms with E-state index in [1.165, 1.54) is 31.5 Å². The highest BCUT2D eigenvalue weighted by atomic mass is 28.3. The molecule has 0 fully saturated rings. The van der Waals surface area contributed by atoms with Gasteiger partial charge in [-0.3, -0.25) is 0 Å². The summed E-state index contributed by atoms with van der Waals surface area (Å²) in [5, 5.41) is 9.84. The maximum Gasteiger partial charge on any atom is 0.179 e. The molecule has 0 unspecified atom stereocenters. The van der Waals surface area contributed by atoms with Crippen molar-refractivity contribution in [2.24, 2.45) is 0 Å². The maximum atomic E-state index is 6.39. The van der Waals surface area contributed by atoms with Crippen LogP contribution in [0.5, 0.6) is 0 Å². The minimum absolute atomic E-state index is 0.586. The monoisotopic (exact) mass is 898 g/mol. The molecule has 324 valence electrons. The quantitative estimate of drug-likeness (QED) is 0.107. The molecule has 0 aliphatic carbocycles. The molecular weight excluding hydrogens is 857 g/mol. The van der Waals surface area contributed by atoms with Gasteiger partial charge in [0.2, 0.25) is 0 Å². The molecule has 13 aromatic rings. The van der Waals surface area contributed by atoms with Crippen LogP contribution in [-0.2, 0) is 0 Å². The van der Waals surface area contributed by atoms with Gasteiger partial charge in [0.15, 0.2) is 25.5 Å². The Morgan fingerprint density at radius 2 is 0.783 bits per heavy atom. The van der Waals surface area contributed by atoms with Crippen LogP contribution in [0.3, 0.4) is 0 Å². The largest absolute Gasteiger partial charge is 0.456 e. The van der Waals surface area contributed by atoms with Crippen LogP contribution in [0.25, 0.3) is 94.7 Å². The summed E-state index contributed by atoms with van der Waals surface area (Å²) in [5.41, 5.74) is 9.73. The Kier molecular flexibility index (Phi) is 9.77. The third kappa shape index (κ3) is 6.80. The Balaban J connectivity index is 0.998. The number of hydrogen-bond acceptors (Lipinski definition) is 4. The second-order valence-electron chi connectivity index (χ2n) is 17.5. The number of furan rings is 1. The molecule has 0 saturated heterocycles. The number of nitrogens with zero attached hydrogens (tertiary/aromatic N) is 4. The predicted octanol–water partition coefficient (Wildman–Crippen LogP) is 12.9. The molecule has 0 saturated carbocycles. The fourth-order valence-electron chi connectivity index (χ4n) is 10.5. The van der Waals surface area contributed by atoms with Gasteiger partial charge < -0.3 is 8.98 Å². The number of hydrogen-bond donors (Lipinski definition) is 0. The van der Waals surface area contributed by atoms with Gasteiger partial charge >= 0.3 is 0 Å². The molecule has 6 heteroatoms. The van der Waals surface area contributed by atoms with Gasteiger partial charge in [-0.05, 0) is 74.3 Å². The Labute approximate surface area is 400 Å². The van der Waals surface area contributed by atoms with Crippen molar-refractivity contribution in [2.75, 3.05) is 0 Å². The second kappa shape index (κ2) is 16.7. The van der Waals surface area contributed by atoms with Crippen LogP contribution in [0.15, 0.2) is 259 Å². The van der Waals surface area contributed by atoms with Crippen LogP contribution < -0.4 is 20.7 Å². The summed E-state index contributed by atoms with van der Waals surface area (Å²) in [6.45, 7) is 0. The summed E-state index contributed by atoms with van der Waals surface area (Å²) in [4.78, 5) is 16.1. The molecule has 13 rings (SSSR count). The Morgan fingerprint density at radius 1 is 0.304 bits per heavy atom. The van der Waals surface area contributed by atoms with Gasteiger partial charge in [-0.25, -0.2) is 15.0 Å². The number of benzene rings is 10. The topological polar surface area (TPSA) is 56.7 Å². The van der Waals surface area contributed by atoms with Crippen molar-refractivity contribution in [1.29, 1.82) is 0 Å². The summed E-state index contributed by atoms with van der Waals surface area (Å²) in [6, 6.07) is 90.8. The van der Waals surface area contributed by atoms with E-state index >= 15 is 0 Å². The summed E-state index contributed by atoms with van der Waals surface area (Å²) < 4.78 is 8.72. The van der Waals surface area contributed by atoms with Crippen molar-refractivity contribution >= 4 is 72.6 Å². The van der Waals surface area contributed by atoms with E-state index in [2.05, 4.69) is 247 Å². The van der Waals surface area contributed by atoms with Gasteiger partial charge in [0.1, 0.15) is 11.2 Å². The first-order valence-electron chi connectivity index (χ1n) is 23.3. The first-order chi connectivity index (χ1) is 34.2. The van der Waals surface area contributed by atoms with Crippen LogP contribution in [0, 0.1) is 0 Å². The van der Waals surface area contributed by atoms with Crippen molar-refractivity contribution < 1.29 is 4.42 Å². The minimum atomic E-state index is -2.76. The normalized spacial score (nSPS) is 11.8. The summed E-state index contributed by atoms with van der Waals surface area (Å²) >= 11 is 0. The third-order valence-corrected chi connectivity index (χ3v) is 18.4. The number of para-hydroxylation sites is 3. The molecule has 3 aromatic heterocycles. The lowest BCUT2D eigenvalue weighted by Gasteiger charge is -2.34. The second-order valence-corrected chi connectivity index (χ2v) is 21.3. The molecule has 69 heavy (non-hydrogen) atoms. The van der Waals surface area contributed by atoms with E-state index < -0.39 is 8.07 Å². The van der Waals surface area contributed by atoms with Gasteiger partial charge in [-0.1, -0.05) is 212 Å². The molecule has 10 aromatic carbocycles. The van der Waals surface area contributed by atoms with E-state index in [0.717, 1.165) is 66.5 Å². The Hall–Kier alpha value is -8.97. The van der Waals surface area contributed by atoms with E-state index in [9.17, 15) is 0 Å². The highest BCUT2D eigenvalue weighted by molar-refractivity contribution is 7.19. The van der Waals surface area contributed by atoms with Crippen molar-refractivity contribution in [3.8, 4) is 51.0 Å². The lowest BCUT2D eigenvalue weighted by molar-refractivity contribution is 0.669. The van der Waals surface area contributed by atoms with Crippen molar-refractivity contribution in [3.05, 3.63) is 255 Å². The molecular formula is C63H42N4OSi. The molecule has 0 bridgehead atoms. The number of fused-ring (bicyclic) bond motifs is 6. The Morgan fingerprint density at radius 3 is 1.42 bits per heavy atom. The zero-order chi connectivity index (χ0) is 45.7. The van der Waals surface area contributed by atoms with Gasteiger partial charge in [-0.2, -0.15) is 0 Å². The average molecular weight is 899 g/mol. The van der Waals surface area contributed by atoms with Crippen LogP contribution in [0.4, 0.5) is 0 Å². The average Bonchev–Trinajstić information content (AvgIpc) is 3.98. The molecule has 0 atom stereocenters. The van der Waals surface area contributed by atoms with Crippen molar-refractivity contribution in [1.82, 2.24) is 19.5 Å². The van der Waals surface area contributed by atoms with E-state index in [1.807, 2.05) is 12.1 Å². The predicted molar refractivity (Wildman–Crippen MR) is 287 cm³/mol. The molecule has 0 aliphatic heterocycles. The number of rotatable bonds is 9. The highest BCUT2D eigenvalue weighted by Gasteiger charge is 2.41. The fraction of sp³-hybridized carbons (Fsp3) is 0. The van der Waals surface area contributed by atoms with Gasteiger partial charge in [-0.15, -0.1) is 0 Å². The zero-order valence-corrected chi connectivity index (χ0v) is 38.4.